The van der Waals surface area contributed by atoms with Crippen LogP contribution in [0.25, 0.3) is 0 Å². The molecular weight excluding hydrogens is 163 g/mol. The van der Waals surface area contributed by atoms with Crippen molar-refractivity contribution in [3.05, 3.63) is 29.8 Å². The summed E-state index contributed by atoms with van der Waals surface area (Å²) in [5.41, 5.74) is 1.88. The van der Waals surface area contributed by atoms with Gasteiger partial charge in [0, 0.05) is 0 Å². The van der Waals surface area contributed by atoms with Crippen molar-refractivity contribution < 1.29 is 10.2 Å². The first kappa shape index (κ1) is 10.3. The van der Waals surface area contributed by atoms with Gasteiger partial charge in [0.2, 0.25) is 0 Å². The quantitative estimate of drug-likeness (QED) is 0.626. The normalized spacial score (nSPS) is 15.3. The van der Waals surface area contributed by atoms with E-state index in [1.807, 2.05) is 39.0 Å². The lowest BCUT2D eigenvalue weighted by Gasteiger charge is -2.16. The van der Waals surface area contributed by atoms with Gasteiger partial charge in [-0.15, -0.1) is 0 Å². The summed E-state index contributed by atoms with van der Waals surface area (Å²) in [6, 6.07) is 7.57. The van der Waals surface area contributed by atoms with Crippen molar-refractivity contribution in [1.29, 1.82) is 0 Å². The Kier molecular flexibility index (Phi) is 3.52. The summed E-state index contributed by atoms with van der Waals surface area (Å²) in [4.78, 5) is 0. The van der Waals surface area contributed by atoms with Crippen molar-refractivity contribution in [2.45, 2.75) is 25.6 Å². The van der Waals surface area contributed by atoms with Crippen molar-refractivity contribution in [3.63, 3.8) is 0 Å². The Balaban J connectivity index is 2.82. The van der Waals surface area contributed by atoms with Gasteiger partial charge in [-0.05, 0) is 12.0 Å². The highest BCUT2D eigenvalue weighted by atomic mass is 16.3. The van der Waals surface area contributed by atoms with E-state index < -0.39 is 12.2 Å². The molecule has 0 saturated carbocycles. The van der Waals surface area contributed by atoms with Gasteiger partial charge in [0.05, 0.1) is 6.10 Å². The summed E-state index contributed by atoms with van der Waals surface area (Å²) in [5, 5.41) is 19.1. The van der Waals surface area contributed by atoms with E-state index in [4.69, 9.17) is 0 Å². The monoisotopic (exact) mass is 178 g/mol. The van der Waals surface area contributed by atoms with Gasteiger partial charge in [0.25, 0.3) is 0 Å². The van der Waals surface area contributed by atoms with E-state index in [0.29, 0.717) is 6.42 Å². The third kappa shape index (κ3) is 2.57. The van der Waals surface area contributed by atoms with Crippen molar-refractivity contribution in [2.24, 2.45) is 0 Å². The minimum atomic E-state index is -0.759. The molecule has 1 aromatic rings. The zero-order valence-corrected chi connectivity index (χ0v) is 8.07. The average Bonchev–Trinajstić information content (AvgIpc) is 2.15. The zero-order valence-electron chi connectivity index (χ0n) is 8.07. The van der Waals surface area contributed by atoms with Crippen LogP contribution in [-0.4, -0.2) is 24.2 Å². The van der Waals surface area contributed by atoms with Gasteiger partial charge in [-0.1, -0.05) is 36.7 Å². The van der Waals surface area contributed by atoms with Crippen LogP contribution in [0.4, 0.5) is 0 Å². The standard InChI is InChI=1S/C10H15BO2/c1-2-9(12)10(13)7-4-3-5-8(11)6-7/h3-6,9-10,12-13H,2,11H2,1H3/t9-,10-/m0/s1. The van der Waals surface area contributed by atoms with E-state index >= 15 is 0 Å². The maximum atomic E-state index is 9.66. The number of benzene rings is 1. The lowest BCUT2D eigenvalue weighted by Crippen LogP contribution is -2.18. The zero-order chi connectivity index (χ0) is 9.84. The molecule has 0 unspecified atom stereocenters. The highest BCUT2D eigenvalue weighted by molar-refractivity contribution is 6.32. The Hall–Kier alpha value is -0.795. The summed E-state index contributed by atoms with van der Waals surface area (Å²) in [6.45, 7) is 1.85. The van der Waals surface area contributed by atoms with Gasteiger partial charge < -0.3 is 10.2 Å². The molecule has 0 aliphatic carbocycles. The van der Waals surface area contributed by atoms with Crippen LogP contribution in [0.5, 0.6) is 0 Å². The van der Waals surface area contributed by atoms with Crippen LogP contribution in [0.3, 0.4) is 0 Å². The molecule has 0 amide bonds. The van der Waals surface area contributed by atoms with E-state index in [-0.39, 0.29) is 0 Å². The summed E-state index contributed by atoms with van der Waals surface area (Å²) in [5.74, 6) is 0. The third-order valence-electron chi connectivity index (χ3n) is 2.17. The molecule has 3 heteroatoms. The lowest BCUT2D eigenvalue weighted by molar-refractivity contribution is 0.0165. The molecule has 13 heavy (non-hydrogen) atoms. The molecule has 0 bridgehead atoms. The molecule has 0 aliphatic rings. The summed E-state index contributed by atoms with van der Waals surface area (Å²) in [7, 11) is 1.97. The van der Waals surface area contributed by atoms with Crippen LogP contribution < -0.4 is 5.46 Å². The average molecular weight is 178 g/mol. The highest BCUT2D eigenvalue weighted by Crippen LogP contribution is 2.17. The second kappa shape index (κ2) is 4.44. The van der Waals surface area contributed by atoms with Crippen LogP contribution >= 0.6 is 0 Å². The van der Waals surface area contributed by atoms with Gasteiger partial charge in [-0.3, -0.25) is 0 Å². The third-order valence-corrected chi connectivity index (χ3v) is 2.17. The molecular formula is C10H15BO2. The van der Waals surface area contributed by atoms with Crippen molar-refractivity contribution in [3.8, 4) is 0 Å². The molecule has 0 spiro atoms. The fourth-order valence-corrected chi connectivity index (χ4v) is 1.30. The molecule has 0 aliphatic heterocycles. The van der Waals surface area contributed by atoms with E-state index in [1.165, 1.54) is 0 Å². The van der Waals surface area contributed by atoms with Gasteiger partial charge >= 0.3 is 0 Å². The van der Waals surface area contributed by atoms with E-state index in [1.54, 1.807) is 0 Å². The Labute approximate surface area is 79.6 Å². The Morgan fingerprint density at radius 2 is 2.08 bits per heavy atom. The van der Waals surface area contributed by atoms with Gasteiger partial charge in [0.1, 0.15) is 14.0 Å². The SMILES string of the molecule is Bc1cccc([C@H](O)[C@@H](O)CC)c1. The predicted molar refractivity (Wildman–Crippen MR) is 55.9 cm³/mol. The van der Waals surface area contributed by atoms with Crippen LogP contribution in [0, 0.1) is 0 Å². The van der Waals surface area contributed by atoms with Gasteiger partial charge in [-0.25, -0.2) is 0 Å². The van der Waals surface area contributed by atoms with E-state index in [2.05, 4.69) is 0 Å². The molecule has 2 N–H and O–H groups in total. The molecule has 0 heterocycles. The van der Waals surface area contributed by atoms with E-state index in [0.717, 1.165) is 11.0 Å². The summed E-state index contributed by atoms with van der Waals surface area (Å²) >= 11 is 0. The molecule has 0 aromatic heterocycles. The minimum absolute atomic E-state index is 0.565. The Bertz CT molecular complexity index is 275. The second-order valence-corrected chi connectivity index (χ2v) is 3.33. The Morgan fingerprint density at radius 1 is 1.38 bits per heavy atom. The molecule has 0 radical (unpaired) electrons. The number of hydrogen-bond donors (Lipinski definition) is 2. The first-order valence-corrected chi connectivity index (χ1v) is 4.58. The van der Waals surface area contributed by atoms with Crippen molar-refractivity contribution >= 4 is 13.3 Å². The number of rotatable bonds is 3. The maximum absolute atomic E-state index is 9.66. The van der Waals surface area contributed by atoms with Gasteiger partial charge in [-0.2, -0.15) is 0 Å². The summed E-state index contributed by atoms with van der Waals surface area (Å²) in [6.07, 6.45) is -0.860. The molecule has 0 fully saturated rings. The number of aliphatic hydroxyl groups is 2. The molecule has 2 nitrogen and oxygen atoms in total. The topological polar surface area (TPSA) is 40.5 Å². The first-order chi connectivity index (χ1) is 6.15. The molecule has 2 atom stereocenters. The fraction of sp³-hybridized carbons (Fsp3) is 0.400. The first-order valence-electron chi connectivity index (χ1n) is 4.58. The lowest BCUT2D eigenvalue weighted by atomic mass is 9.92. The highest BCUT2D eigenvalue weighted by Gasteiger charge is 2.15. The largest absolute Gasteiger partial charge is 0.390 e. The number of hydrogen-bond acceptors (Lipinski definition) is 2. The second-order valence-electron chi connectivity index (χ2n) is 3.33. The predicted octanol–water partition coefficient (Wildman–Crippen LogP) is -0.251. The van der Waals surface area contributed by atoms with Gasteiger partial charge in [0.15, 0.2) is 0 Å². The minimum Gasteiger partial charge on any atom is -0.390 e. The van der Waals surface area contributed by atoms with Crippen LogP contribution in [-0.2, 0) is 0 Å². The maximum Gasteiger partial charge on any atom is 0.139 e. The smallest absolute Gasteiger partial charge is 0.139 e. The number of aliphatic hydroxyl groups excluding tert-OH is 2. The fourth-order valence-electron chi connectivity index (χ4n) is 1.30. The molecule has 0 saturated heterocycles. The summed E-state index contributed by atoms with van der Waals surface area (Å²) < 4.78 is 0. The van der Waals surface area contributed by atoms with Crippen LogP contribution in [0.1, 0.15) is 25.0 Å². The van der Waals surface area contributed by atoms with Crippen LogP contribution in [0.15, 0.2) is 24.3 Å². The van der Waals surface area contributed by atoms with Crippen LogP contribution in [0.2, 0.25) is 0 Å². The van der Waals surface area contributed by atoms with E-state index in [9.17, 15) is 10.2 Å². The molecule has 70 valence electrons. The van der Waals surface area contributed by atoms with Crippen molar-refractivity contribution in [1.82, 2.24) is 0 Å². The van der Waals surface area contributed by atoms with Crippen molar-refractivity contribution in [2.75, 3.05) is 0 Å². The molecule has 1 rings (SSSR count). The molecule has 1 aromatic carbocycles. The Morgan fingerprint density at radius 3 is 2.62 bits per heavy atom.